The standard InChI is InChI=1S/C22H23N3O2/c1-15-7-4-11-20(16(15)2)25(17(3)26)14-12-21(27)24-19-10-5-8-18-9-6-13-23-22(18)19/h4-11,13H,12,14H2,1-3H3,(H,24,27). The fourth-order valence-corrected chi connectivity index (χ4v) is 3.11. The van der Waals surface area contributed by atoms with E-state index in [0.717, 1.165) is 27.7 Å². The number of hydrogen-bond acceptors (Lipinski definition) is 3. The van der Waals surface area contributed by atoms with E-state index in [0.29, 0.717) is 12.2 Å². The third-order valence-corrected chi connectivity index (χ3v) is 4.72. The van der Waals surface area contributed by atoms with Crippen molar-refractivity contribution < 1.29 is 9.59 Å². The zero-order valence-electron chi connectivity index (χ0n) is 15.8. The van der Waals surface area contributed by atoms with E-state index in [1.165, 1.54) is 6.92 Å². The third-order valence-electron chi connectivity index (χ3n) is 4.72. The molecule has 0 atom stereocenters. The van der Waals surface area contributed by atoms with E-state index in [4.69, 9.17) is 0 Å². The van der Waals surface area contributed by atoms with Gasteiger partial charge in [-0.1, -0.05) is 30.3 Å². The topological polar surface area (TPSA) is 62.3 Å². The molecule has 0 saturated heterocycles. The van der Waals surface area contributed by atoms with Crippen LogP contribution >= 0.6 is 0 Å². The second kappa shape index (κ2) is 7.99. The SMILES string of the molecule is CC(=O)N(CCC(=O)Nc1cccc2cccnc12)c1cccc(C)c1C. The number of aryl methyl sites for hydroxylation is 1. The summed E-state index contributed by atoms with van der Waals surface area (Å²) in [5.41, 5.74) is 4.45. The van der Waals surface area contributed by atoms with Gasteiger partial charge >= 0.3 is 0 Å². The number of amides is 2. The summed E-state index contributed by atoms with van der Waals surface area (Å²) in [7, 11) is 0. The molecule has 1 N–H and O–H groups in total. The highest BCUT2D eigenvalue weighted by atomic mass is 16.2. The molecule has 0 unspecified atom stereocenters. The first-order valence-electron chi connectivity index (χ1n) is 8.95. The second-order valence-electron chi connectivity index (χ2n) is 6.57. The highest BCUT2D eigenvalue weighted by molar-refractivity contribution is 6.01. The molecule has 5 nitrogen and oxygen atoms in total. The Labute approximate surface area is 159 Å². The minimum atomic E-state index is -0.148. The Balaban J connectivity index is 1.73. The van der Waals surface area contributed by atoms with Crippen LogP contribution in [0.15, 0.2) is 54.7 Å². The quantitative estimate of drug-likeness (QED) is 0.739. The van der Waals surface area contributed by atoms with Gasteiger partial charge in [-0.05, 0) is 43.2 Å². The number of nitrogens with zero attached hydrogens (tertiary/aromatic N) is 2. The van der Waals surface area contributed by atoms with Gasteiger partial charge in [0.25, 0.3) is 0 Å². The molecule has 0 radical (unpaired) electrons. The molecule has 5 heteroatoms. The molecular formula is C22H23N3O2. The van der Waals surface area contributed by atoms with Crippen molar-refractivity contribution in [1.82, 2.24) is 4.98 Å². The molecule has 138 valence electrons. The van der Waals surface area contributed by atoms with Gasteiger partial charge in [-0.2, -0.15) is 0 Å². The zero-order valence-corrected chi connectivity index (χ0v) is 15.8. The number of pyridine rings is 1. The number of nitrogens with one attached hydrogen (secondary N) is 1. The van der Waals surface area contributed by atoms with Crippen molar-refractivity contribution in [3.8, 4) is 0 Å². The fraction of sp³-hybridized carbons (Fsp3) is 0.227. The molecule has 0 aliphatic heterocycles. The first-order chi connectivity index (χ1) is 13.0. The first kappa shape index (κ1) is 18.6. The Morgan fingerprint density at radius 1 is 1.04 bits per heavy atom. The van der Waals surface area contributed by atoms with Gasteiger partial charge in [-0.25, -0.2) is 0 Å². The van der Waals surface area contributed by atoms with Gasteiger partial charge in [-0.3, -0.25) is 14.6 Å². The maximum Gasteiger partial charge on any atom is 0.226 e. The van der Waals surface area contributed by atoms with Crippen LogP contribution in [-0.2, 0) is 9.59 Å². The Kier molecular flexibility index (Phi) is 5.50. The molecule has 0 bridgehead atoms. The van der Waals surface area contributed by atoms with Crippen molar-refractivity contribution in [2.45, 2.75) is 27.2 Å². The Hall–Kier alpha value is -3.21. The number of fused-ring (bicyclic) bond motifs is 1. The number of carbonyl (C=O) groups is 2. The van der Waals surface area contributed by atoms with Gasteiger partial charge in [-0.15, -0.1) is 0 Å². The predicted molar refractivity (Wildman–Crippen MR) is 109 cm³/mol. The van der Waals surface area contributed by atoms with Crippen molar-refractivity contribution in [3.63, 3.8) is 0 Å². The molecule has 0 fully saturated rings. The van der Waals surface area contributed by atoms with Crippen LogP contribution in [0.2, 0.25) is 0 Å². The van der Waals surface area contributed by atoms with E-state index in [2.05, 4.69) is 10.3 Å². The van der Waals surface area contributed by atoms with Crippen molar-refractivity contribution in [2.24, 2.45) is 0 Å². The Morgan fingerprint density at radius 3 is 2.56 bits per heavy atom. The van der Waals surface area contributed by atoms with E-state index < -0.39 is 0 Å². The van der Waals surface area contributed by atoms with Gasteiger partial charge in [0.2, 0.25) is 11.8 Å². The molecule has 1 aromatic heterocycles. The number of benzene rings is 2. The molecule has 27 heavy (non-hydrogen) atoms. The lowest BCUT2D eigenvalue weighted by Gasteiger charge is -2.23. The minimum absolute atomic E-state index is 0.0803. The lowest BCUT2D eigenvalue weighted by atomic mass is 10.1. The third kappa shape index (κ3) is 4.14. The number of rotatable bonds is 5. The van der Waals surface area contributed by atoms with E-state index in [1.807, 2.05) is 62.4 Å². The van der Waals surface area contributed by atoms with Crippen LogP contribution in [0.25, 0.3) is 10.9 Å². The van der Waals surface area contributed by atoms with Gasteiger partial charge in [0.1, 0.15) is 0 Å². The monoisotopic (exact) mass is 361 g/mol. The van der Waals surface area contributed by atoms with Crippen molar-refractivity contribution in [2.75, 3.05) is 16.8 Å². The smallest absolute Gasteiger partial charge is 0.226 e. The van der Waals surface area contributed by atoms with E-state index >= 15 is 0 Å². The first-order valence-corrected chi connectivity index (χ1v) is 8.95. The number of aromatic nitrogens is 1. The van der Waals surface area contributed by atoms with Crippen LogP contribution in [0.3, 0.4) is 0 Å². The molecule has 0 saturated carbocycles. The lowest BCUT2D eigenvalue weighted by Crippen LogP contribution is -2.32. The van der Waals surface area contributed by atoms with Crippen LogP contribution < -0.4 is 10.2 Å². The van der Waals surface area contributed by atoms with Gasteiger partial charge in [0.15, 0.2) is 0 Å². The molecule has 2 amide bonds. The van der Waals surface area contributed by atoms with Crippen LogP contribution in [0, 0.1) is 13.8 Å². The maximum absolute atomic E-state index is 12.5. The molecule has 3 aromatic rings. The summed E-state index contributed by atoms with van der Waals surface area (Å²) in [6, 6.07) is 15.3. The van der Waals surface area contributed by atoms with Crippen molar-refractivity contribution >= 4 is 34.1 Å². The van der Waals surface area contributed by atoms with Crippen LogP contribution in [0.4, 0.5) is 11.4 Å². The predicted octanol–water partition coefficient (Wildman–Crippen LogP) is 4.23. The lowest BCUT2D eigenvalue weighted by molar-refractivity contribution is -0.117. The summed E-state index contributed by atoms with van der Waals surface area (Å²) in [5, 5.41) is 3.89. The number of para-hydroxylation sites is 1. The molecular weight excluding hydrogens is 338 g/mol. The average Bonchev–Trinajstić information content (AvgIpc) is 2.65. The summed E-state index contributed by atoms with van der Waals surface area (Å²) >= 11 is 0. The second-order valence-corrected chi connectivity index (χ2v) is 6.57. The van der Waals surface area contributed by atoms with Gasteiger partial charge in [0, 0.05) is 37.2 Å². The van der Waals surface area contributed by atoms with Gasteiger partial charge in [0.05, 0.1) is 11.2 Å². The number of anilines is 2. The number of carbonyl (C=O) groups excluding carboxylic acids is 2. The van der Waals surface area contributed by atoms with Crippen molar-refractivity contribution in [3.05, 3.63) is 65.9 Å². The Bertz CT molecular complexity index is 993. The summed E-state index contributed by atoms with van der Waals surface area (Å²) in [4.78, 5) is 30.6. The molecule has 3 rings (SSSR count). The van der Waals surface area contributed by atoms with E-state index in [1.54, 1.807) is 11.1 Å². The van der Waals surface area contributed by atoms with Crippen LogP contribution in [-0.4, -0.2) is 23.3 Å². The normalized spacial score (nSPS) is 10.6. The molecule has 0 aliphatic rings. The average molecular weight is 361 g/mol. The zero-order chi connectivity index (χ0) is 19.4. The van der Waals surface area contributed by atoms with Crippen LogP contribution in [0.5, 0.6) is 0 Å². The summed E-state index contributed by atoms with van der Waals surface area (Å²) < 4.78 is 0. The summed E-state index contributed by atoms with van der Waals surface area (Å²) in [5.74, 6) is -0.229. The molecule has 0 aliphatic carbocycles. The van der Waals surface area contributed by atoms with E-state index in [9.17, 15) is 9.59 Å². The summed E-state index contributed by atoms with van der Waals surface area (Å²) in [6.45, 7) is 5.85. The highest BCUT2D eigenvalue weighted by Crippen LogP contribution is 2.24. The minimum Gasteiger partial charge on any atom is -0.324 e. The highest BCUT2D eigenvalue weighted by Gasteiger charge is 2.16. The van der Waals surface area contributed by atoms with Crippen molar-refractivity contribution in [1.29, 1.82) is 0 Å². The molecule has 2 aromatic carbocycles. The van der Waals surface area contributed by atoms with Gasteiger partial charge < -0.3 is 10.2 Å². The maximum atomic E-state index is 12.5. The molecule has 1 heterocycles. The number of hydrogen-bond donors (Lipinski definition) is 1. The largest absolute Gasteiger partial charge is 0.324 e. The molecule has 0 spiro atoms. The Morgan fingerprint density at radius 2 is 1.78 bits per heavy atom. The van der Waals surface area contributed by atoms with E-state index in [-0.39, 0.29) is 18.2 Å². The van der Waals surface area contributed by atoms with Crippen LogP contribution in [0.1, 0.15) is 24.5 Å². The fourth-order valence-electron chi connectivity index (χ4n) is 3.11. The summed E-state index contributed by atoms with van der Waals surface area (Å²) in [6.07, 6.45) is 1.91.